The Morgan fingerprint density at radius 1 is 1.19 bits per heavy atom. The Morgan fingerprint density at radius 3 is 2.67 bits per heavy atom. The van der Waals surface area contributed by atoms with E-state index in [9.17, 15) is 0 Å². The molecule has 3 nitrogen and oxygen atoms in total. The highest BCUT2D eigenvalue weighted by molar-refractivity contribution is 9.11. The monoisotopic (exact) mass is 425 g/mol. The minimum absolute atomic E-state index is 0.763. The zero-order valence-electron chi connectivity index (χ0n) is 11.6. The molecule has 6 heteroatoms. The molecule has 0 unspecified atom stereocenters. The van der Waals surface area contributed by atoms with Gasteiger partial charge in [0.25, 0.3) is 0 Å². The van der Waals surface area contributed by atoms with Crippen molar-refractivity contribution < 1.29 is 0 Å². The summed E-state index contributed by atoms with van der Waals surface area (Å²) in [6.07, 6.45) is 0. The van der Waals surface area contributed by atoms with Gasteiger partial charge in [-0.2, -0.15) is 0 Å². The maximum Gasteiger partial charge on any atom is 0.172 e. The van der Waals surface area contributed by atoms with Crippen molar-refractivity contribution in [2.24, 2.45) is 0 Å². The van der Waals surface area contributed by atoms with E-state index in [0.29, 0.717) is 0 Å². The SMILES string of the molecule is CCNc1nc(-c2ccc(C)s2)nc2c(Br)cc(Br)cc12. The Kier molecular flexibility index (Phi) is 4.28. The molecule has 0 aliphatic carbocycles. The average molecular weight is 427 g/mol. The fourth-order valence-electron chi connectivity index (χ4n) is 2.12. The van der Waals surface area contributed by atoms with Crippen molar-refractivity contribution in [2.45, 2.75) is 13.8 Å². The first kappa shape index (κ1) is 14.9. The fraction of sp³-hybridized carbons (Fsp3) is 0.200. The van der Waals surface area contributed by atoms with Crippen LogP contribution in [0.4, 0.5) is 5.82 Å². The first-order valence-electron chi connectivity index (χ1n) is 6.56. The van der Waals surface area contributed by atoms with Crippen LogP contribution >= 0.6 is 43.2 Å². The molecule has 108 valence electrons. The van der Waals surface area contributed by atoms with E-state index in [0.717, 1.165) is 42.9 Å². The molecule has 0 saturated heterocycles. The van der Waals surface area contributed by atoms with E-state index < -0.39 is 0 Å². The van der Waals surface area contributed by atoms with E-state index in [1.165, 1.54) is 4.88 Å². The van der Waals surface area contributed by atoms with Gasteiger partial charge < -0.3 is 5.32 Å². The summed E-state index contributed by atoms with van der Waals surface area (Å²) in [5, 5.41) is 4.34. The number of nitrogens with one attached hydrogen (secondary N) is 1. The Hall–Kier alpha value is -0.980. The van der Waals surface area contributed by atoms with Gasteiger partial charge in [0.2, 0.25) is 0 Å². The highest BCUT2D eigenvalue weighted by Gasteiger charge is 2.13. The number of aromatic nitrogens is 2. The molecule has 21 heavy (non-hydrogen) atoms. The minimum Gasteiger partial charge on any atom is -0.370 e. The lowest BCUT2D eigenvalue weighted by molar-refractivity contribution is 1.15. The van der Waals surface area contributed by atoms with Crippen LogP contribution in [0.1, 0.15) is 11.8 Å². The molecule has 0 bridgehead atoms. The molecule has 3 rings (SSSR count). The summed E-state index contributed by atoms with van der Waals surface area (Å²) in [5.74, 6) is 1.63. The highest BCUT2D eigenvalue weighted by Crippen LogP contribution is 2.34. The zero-order chi connectivity index (χ0) is 15.0. The second kappa shape index (κ2) is 6.02. The molecular weight excluding hydrogens is 414 g/mol. The number of anilines is 1. The van der Waals surface area contributed by atoms with Gasteiger partial charge in [-0.15, -0.1) is 11.3 Å². The van der Waals surface area contributed by atoms with Gasteiger partial charge in [-0.1, -0.05) is 15.9 Å². The number of fused-ring (bicyclic) bond motifs is 1. The lowest BCUT2D eigenvalue weighted by Gasteiger charge is -2.10. The number of hydrogen-bond donors (Lipinski definition) is 1. The van der Waals surface area contributed by atoms with Gasteiger partial charge in [0.1, 0.15) is 5.82 Å². The second-order valence-electron chi connectivity index (χ2n) is 4.62. The molecule has 2 heterocycles. The molecule has 2 aromatic heterocycles. The van der Waals surface area contributed by atoms with Crippen LogP contribution in [-0.4, -0.2) is 16.5 Å². The summed E-state index contributed by atoms with van der Waals surface area (Å²) in [4.78, 5) is 11.8. The number of rotatable bonds is 3. The third kappa shape index (κ3) is 2.98. The Balaban J connectivity index is 2.28. The van der Waals surface area contributed by atoms with E-state index in [4.69, 9.17) is 9.97 Å². The Bertz CT molecular complexity index is 814. The van der Waals surface area contributed by atoms with Crippen molar-refractivity contribution in [1.82, 2.24) is 9.97 Å². The standard InChI is InChI=1S/C15H13Br2N3S/c1-3-18-14-10-6-9(16)7-11(17)13(10)19-15(20-14)12-5-4-8(2)21-12/h4-7H,3H2,1-2H3,(H,18,19,20). The van der Waals surface area contributed by atoms with E-state index >= 15 is 0 Å². The topological polar surface area (TPSA) is 37.8 Å². The largest absolute Gasteiger partial charge is 0.370 e. The molecular formula is C15H13Br2N3S. The second-order valence-corrected chi connectivity index (χ2v) is 7.68. The van der Waals surface area contributed by atoms with Gasteiger partial charge in [-0.3, -0.25) is 0 Å². The molecule has 1 N–H and O–H groups in total. The van der Waals surface area contributed by atoms with Crippen LogP contribution in [0.2, 0.25) is 0 Å². The highest BCUT2D eigenvalue weighted by atomic mass is 79.9. The van der Waals surface area contributed by atoms with Gasteiger partial charge in [0.05, 0.1) is 10.4 Å². The Morgan fingerprint density at radius 2 is 2.00 bits per heavy atom. The molecule has 3 aromatic rings. The quantitative estimate of drug-likeness (QED) is 0.590. The summed E-state index contributed by atoms with van der Waals surface area (Å²) in [6, 6.07) is 8.22. The first-order valence-corrected chi connectivity index (χ1v) is 8.96. The van der Waals surface area contributed by atoms with Crippen LogP contribution in [0.15, 0.2) is 33.2 Å². The van der Waals surface area contributed by atoms with Crippen LogP contribution in [0.5, 0.6) is 0 Å². The fourth-order valence-corrected chi connectivity index (χ4v) is 4.24. The van der Waals surface area contributed by atoms with Crippen LogP contribution in [0.25, 0.3) is 21.6 Å². The predicted octanol–water partition coefficient (Wildman–Crippen LogP) is 5.62. The third-order valence-electron chi connectivity index (χ3n) is 3.02. The minimum atomic E-state index is 0.763. The number of hydrogen-bond acceptors (Lipinski definition) is 4. The first-order chi connectivity index (χ1) is 10.1. The maximum atomic E-state index is 4.73. The number of benzene rings is 1. The molecule has 0 aliphatic heterocycles. The van der Waals surface area contributed by atoms with Gasteiger partial charge in [0, 0.05) is 25.8 Å². The van der Waals surface area contributed by atoms with Crippen LogP contribution in [0, 0.1) is 6.92 Å². The van der Waals surface area contributed by atoms with Crippen molar-refractivity contribution >= 4 is 59.9 Å². The van der Waals surface area contributed by atoms with Gasteiger partial charge in [-0.25, -0.2) is 9.97 Å². The van der Waals surface area contributed by atoms with Crippen LogP contribution in [-0.2, 0) is 0 Å². The van der Waals surface area contributed by atoms with Crippen molar-refractivity contribution in [2.75, 3.05) is 11.9 Å². The number of nitrogens with zero attached hydrogens (tertiary/aromatic N) is 2. The summed E-state index contributed by atoms with van der Waals surface area (Å²) in [6.45, 7) is 4.97. The Labute approximate surface area is 144 Å². The molecule has 1 aromatic carbocycles. The van der Waals surface area contributed by atoms with Gasteiger partial charge >= 0.3 is 0 Å². The number of thiophene rings is 1. The smallest absolute Gasteiger partial charge is 0.172 e. The summed E-state index contributed by atoms with van der Waals surface area (Å²) < 4.78 is 1.97. The zero-order valence-corrected chi connectivity index (χ0v) is 15.6. The van der Waals surface area contributed by atoms with E-state index in [2.05, 4.69) is 63.2 Å². The van der Waals surface area contributed by atoms with E-state index in [-0.39, 0.29) is 0 Å². The molecule has 0 fully saturated rings. The molecule has 0 aliphatic rings. The molecule has 0 spiro atoms. The van der Waals surface area contributed by atoms with E-state index in [1.807, 2.05) is 12.1 Å². The summed E-state index contributed by atoms with van der Waals surface area (Å²) >= 11 is 8.83. The average Bonchev–Trinajstić information content (AvgIpc) is 2.86. The number of halogens is 2. The van der Waals surface area contributed by atoms with Gasteiger partial charge in [0.15, 0.2) is 5.82 Å². The summed E-state index contributed by atoms with van der Waals surface area (Å²) in [7, 11) is 0. The van der Waals surface area contributed by atoms with Crippen molar-refractivity contribution in [1.29, 1.82) is 0 Å². The molecule has 0 amide bonds. The van der Waals surface area contributed by atoms with Gasteiger partial charge in [-0.05, 0) is 54.0 Å². The van der Waals surface area contributed by atoms with Crippen LogP contribution < -0.4 is 5.32 Å². The lowest BCUT2D eigenvalue weighted by atomic mass is 10.2. The normalized spacial score (nSPS) is 11.0. The third-order valence-corrected chi connectivity index (χ3v) is 5.08. The molecule has 0 saturated carbocycles. The number of aryl methyl sites for hydroxylation is 1. The molecule has 0 atom stereocenters. The van der Waals surface area contributed by atoms with Crippen molar-refractivity contribution in [3.63, 3.8) is 0 Å². The van der Waals surface area contributed by atoms with Crippen LogP contribution in [0.3, 0.4) is 0 Å². The van der Waals surface area contributed by atoms with E-state index in [1.54, 1.807) is 11.3 Å². The predicted molar refractivity (Wildman–Crippen MR) is 97.2 cm³/mol. The van der Waals surface area contributed by atoms with Crippen molar-refractivity contribution in [3.8, 4) is 10.7 Å². The maximum absolute atomic E-state index is 4.73. The lowest BCUT2D eigenvalue weighted by Crippen LogP contribution is -2.03. The van der Waals surface area contributed by atoms with Crippen molar-refractivity contribution in [3.05, 3.63) is 38.1 Å². The summed E-state index contributed by atoms with van der Waals surface area (Å²) in [5.41, 5.74) is 0.921. The molecule has 0 radical (unpaired) electrons.